The molecule has 0 aliphatic rings. The average Bonchev–Trinajstić information content (AvgIpc) is 0.738. The normalized spacial score (nSPS) is 11.3. The van der Waals surface area contributed by atoms with Crippen LogP contribution in [0.3, 0.4) is 0 Å². The second-order valence-corrected chi connectivity index (χ2v) is 25.4. The van der Waals surface area contributed by atoms with Crippen LogP contribution in [0.15, 0.2) is 368 Å². The standard InChI is InChI=1S/C46H30.C26H19BO2.C20H13Br/c1-2-12-32(13-3-1)37-15-6-7-17-39(37)46-42-20-10-8-18-40(42)45(41-19-9-11-21-43(41)46)35-27-22-31(23-28-35)36-29-26-34-25-24-33-14-4-5-16-38(33)44(34)30-36;28-27(29)26-23-16-8-6-14-21(23)25(22-15-7-9-17-24(22)26)20-13-5-4-12-19(20)18-10-2-1-3-11-18;21-18-11-9-14(10-12-18)17-8-7-16-6-5-15-3-1-2-4-19(15)20(16)13-17/h1-30H;1-17,28-29H;1-13H. The highest BCUT2D eigenvalue weighted by Crippen LogP contribution is 2.47. The molecule has 0 heterocycles. The molecular weight excluding hydrogens is 1230 g/mol. The van der Waals surface area contributed by atoms with Crippen molar-refractivity contribution in [1.82, 2.24) is 0 Å². The van der Waals surface area contributed by atoms with Gasteiger partial charge in [0.15, 0.2) is 0 Å². The summed E-state index contributed by atoms with van der Waals surface area (Å²) in [7, 11) is -1.54. The molecule has 2 N–H and O–H groups in total. The van der Waals surface area contributed by atoms with Crippen LogP contribution in [-0.2, 0) is 0 Å². The van der Waals surface area contributed by atoms with Gasteiger partial charge in [-0.05, 0) is 194 Å². The van der Waals surface area contributed by atoms with Gasteiger partial charge in [0.05, 0.1) is 0 Å². The maximum atomic E-state index is 10.2. The summed E-state index contributed by atoms with van der Waals surface area (Å²) in [4.78, 5) is 0. The fraction of sp³-hybridized carbons (Fsp3) is 0. The van der Waals surface area contributed by atoms with Crippen molar-refractivity contribution in [2.75, 3.05) is 0 Å². The summed E-state index contributed by atoms with van der Waals surface area (Å²) in [6.07, 6.45) is 0. The number of hydrogen-bond donors (Lipinski definition) is 2. The molecule has 0 saturated carbocycles. The van der Waals surface area contributed by atoms with Crippen LogP contribution in [0.4, 0.5) is 0 Å². The lowest BCUT2D eigenvalue weighted by Gasteiger charge is -2.20. The van der Waals surface area contributed by atoms with Crippen molar-refractivity contribution >= 4 is 115 Å². The van der Waals surface area contributed by atoms with Gasteiger partial charge in [0, 0.05) is 4.47 Å². The topological polar surface area (TPSA) is 40.5 Å². The van der Waals surface area contributed by atoms with Gasteiger partial charge < -0.3 is 10.0 Å². The highest BCUT2D eigenvalue weighted by Gasteiger charge is 2.24. The lowest BCUT2D eigenvalue weighted by molar-refractivity contribution is 0.426. The maximum absolute atomic E-state index is 10.2. The first-order chi connectivity index (χ1) is 47.4. The Bertz CT molecular complexity index is 5810. The SMILES string of the molecule is Brc1ccc(-c2ccc3ccc4ccccc4c3c2)cc1.OB(O)c1c2ccccc2c(-c2ccccc2-c2ccccc2)c2ccccc12.c1ccc(-c2ccccc2-c2c3ccccc3c(-c3ccc(-c4ccc5ccc6ccccc6c5c4)cc3)c3ccccc23)cc1. The third-order valence-electron chi connectivity index (χ3n) is 18.9. The molecule has 0 bridgehead atoms. The number of benzene rings is 18. The second kappa shape index (κ2) is 26.1. The number of fused-ring (bicyclic) bond motifs is 10. The molecule has 452 valence electrons. The molecule has 0 spiro atoms. The van der Waals surface area contributed by atoms with E-state index in [-0.39, 0.29) is 0 Å². The van der Waals surface area contributed by atoms with Crippen molar-refractivity contribution < 1.29 is 10.0 Å². The van der Waals surface area contributed by atoms with E-state index in [1.807, 2.05) is 54.6 Å². The van der Waals surface area contributed by atoms with E-state index in [9.17, 15) is 10.0 Å². The van der Waals surface area contributed by atoms with Crippen molar-refractivity contribution in [1.29, 1.82) is 0 Å². The molecule has 18 aromatic carbocycles. The van der Waals surface area contributed by atoms with E-state index in [4.69, 9.17) is 0 Å². The minimum Gasteiger partial charge on any atom is -0.423 e. The van der Waals surface area contributed by atoms with E-state index in [0.29, 0.717) is 5.46 Å². The Morgan fingerprint density at radius 1 is 0.188 bits per heavy atom. The van der Waals surface area contributed by atoms with E-state index >= 15 is 0 Å². The van der Waals surface area contributed by atoms with Gasteiger partial charge in [0.2, 0.25) is 0 Å². The van der Waals surface area contributed by atoms with Crippen LogP contribution in [0.5, 0.6) is 0 Å². The zero-order valence-electron chi connectivity index (χ0n) is 52.5. The molecule has 0 amide bonds. The summed E-state index contributed by atoms with van der Waals surface area (Å²) in [5.74, 6) is 0. The minimum atomic E-state index is -1.54. The Hall–Kier alpha value is -11.5. The highest BCUT2D eigenvalue weighted by atomic mass is 79.9. The van der Waals surface area contributed by atoms with Gasteiger partial charge in [-0.3, -0.25) is 0 Å². The van der Waals surface area contributed by atoms with Crippen LogP contribution in [0.1, 0.15) is 0 Å². The van der Waals surface area contributed by atoms with Crippen molar-refractivity contribution in [3.05, 3.63) is 368 Å². The van der Waals surface area contributed by atoms with E-state index in [1.165, 1.54) is 120 Å². The number of rotatable bonds is 8. The molecular formula is C92H62BBrO2. The first-order valence-corrected chi connectivity index (χ1v) is 33.4. The van der Waals surface area contributed by atoms with Gasteiger partial charge in [-0.1, -0.05) is 356 Å². The molecule has 18 aromatic rings. The molecule has 96 heavy (non-hydrogen) atoms. The smallest absolute Gasteiger partial charge is 0.423 e. The minimum absolute atomic E-state index is 0.553. The van der Waals surface area contributed by atoms with Crippen molar-refractivity contribution in [2.24, 2.45) is 0 Å². The summed E-state index contributed by atoms with van der Waals surface area (Å²) < 4.78 is 1.11. The predicted molar refractivity (Wildman–Crippen MR) is 415 cm³/mol. The number of hydrogen-bond acceptors (Lipinski definition) is 2. The van der Waals surface area contributed by atoms with Gasteiger partial charge in [0.25, 0.3) is 0 Å². The molecule has 0 fully saturated rings. The van der Waals surface area contributed by atoms with Crippen molar-refractivity contribution in [2.45, 2.75) is 0 Å². The lowest BCUT2D eigenvalue weighted by Crippen LogP contribution is -2.31. The predicted octanol–water partition coefficient (Wildman–Crippen LogP) is 24.4. The largest absolute Gasteiger partial charge is 0.489 e. The Labute approximate surface area is 567 Å². The monoisotopic (exact) mass is 1290 g/mol. The average molecular weight is 1290 g/mol. The van der Waals surface area contributed by atoms with Crippen molar-refractivity contribution in [3.8, 4) is 77.9 Å². The molecule has 0 aliphatic carbocycles. The summed E-state index contributed by atoms with van der Waals surface area (Å²) in [5.41, 5.74) is 17.6. The fourth-order valence-corrected chi connectivity index (χ4v) is 14.7. The zero-order chi connectivity index (χ0) is 64.5. The third-order valence-corrected chi connectivity index (χ3v) is 19.4. The molecule has 0 atom stereocenters. The lowest BCUT2D eigenvalue weighted by atomic mass is 9.72. The summed E-state index contributed by atoms with van der Waals surface area (Å²) >= 11 is 3.49. The van der Waals surface area contributed by atoms with Crippen molar-refractivity contribution in [3.63, 3.8) is 0 Å². The Balaban J connectivity index is 0.000000124. The second-order valence-electron chi connectivity index (χ2n) is 24.4. The quantitative estimate of drug-likeness (QED) is 0.0904. The van der Waals surface area contributed by atoms with Crippen LogP contribution in [0, 0.1) is 0 Å². The first-order valence-electron chi connectivity index (χ1n) is 32.6. The molecule has 0 radical (unpaired) electrons. The molecule has 2 nitrogen and oxygen atoms in total. The van der Waals surface area contributed by atoms with Crippen LogP contribution >= 0.6 is 15.9 Å². The van der Waals surface area contributed by atoms with E-state index in [1.54, 1.807) is 0 Å². The zero-order valence-corrected chi connectivity index (χ0v) is 54.1. The summed E-state index contributed by atoms with van der Waals surface area (Å²) in [6, 6.07) is 129. The van der Waals surface area contributed by atoms with Gasteiger partial charge >= 0.3 is 7.12 Å². The highest BCUT2D eigenvalue weighted by molar-refractivity contribution is 9.10. The molecule has 18 rings (SSSR count). The molecule has 0 unspecified atom stereocenters. The first kappa shape index (κ1) is 59.5. The van der Waals surface area contributed by atoms with Gasteiger partial charge in [0.1, 0.15) is 0 Å². The molecule has 0 aliphatic heterocycles. The van der Waals surface area contributed by atoms with Crippen LogP contribution in [-0.4, -0.2) is 17.2 Å². The van der Waals surface area contributed by atoms with Gasteiger partial charge in [-0.15, -0.1) is 0 Å². The maximum Gasteiger partial charge on any atom is 0.489 e. The number of halogens is 1. The Morgan fingerprint density at radius 2 is 0.458 bits per heavy atom. The summed E-state index contributed by atoms with van der Waals surface area (Å²) in [6.45, 7) is 0. The molecule has 0 saturated heterocycles. The van der Waals surface area contributed by atoms with Crippen LogP contribution < -0.4 is 5.46 Å². The Morgan fingerprint density at radius 3 is 0.854 bits per heavy atom. The van der Waals surface area contributed by atoms with Crippen LogP contribution in [0.2, 0.25) is 0 Å². The third kappa shape index (κ3) is 11.3. The van der Waals surface area contributed by atoms with Crippen LogP contribution in [0.25, 0.3) is 164 Å². The fourth-order valence-electron chi connectivity index (χ4n) is 14.4. The Kier molecular flexibility index (Phi) is 16.2. The van der Waals surface area contributed by atoms with E-state index in [2.05, 4.69) is 325 Å². The summed E-state index contributed by atoms with van der Waals surface area (Å²) in [5, 5.41) is 39.5. The van der Waals surface area contributed by atoms with Gasteiger partial charge in [-0.2, -0.15) is 0 Å². The van der Waals surface area contributed by atoms with E-state index < -0.39 is 7.12 Å². The van der Waals surface area contributed by atoms with E-state index in [0.717, 1.165) is 48.3 Å². The van der Waals surface area contributed by atoms with Gasteiger partial charge in [-0.25, -0.2) is 0 Å². The molecule has 0 aromatic heterocycles. The molecule has 4 heteroatoms.